The predicted octanol–water partition coefficient (Wildman–Crippen LogP) is 6.96. The van der Waals surface area contributed by atoms with Gasteiger partial charge >= 0.3 is 0 Å². The molecule has 4 heteroatoms. The summed E-state index contributed by atoms with van der Waals surface area (Å²) in [5.41, 5.74) is 0. The van der Waals surface area contributed by atoms with Crippen molar-refractivity contribution in [1.29, 1.82) is 0 Å². The van der Waals surface area contributed by atoms with Crippen LogP contribution in [0.2, 0.25) is 5.02 Å². The van der Waals surface area contributed by atoms with E-state index in [4.69, 9.17) is 11.6 Å². The van der Waals surface area contributed by atoms with E-state index >= 15 is 0 Å². The third-order valence-corrected chi connectivity index (χ3v) is 6.69. The van der Waals surface area contributed by atoms with Gasteiger partial charge in [0.15, 0.2) is 14.7 Å². The fourth-order valence-corrected chi connectivity index (χ4v) is 4.82. The van der Waals surface area contributed by atoms with Gasteiger partial charge in [0, 0.05) is 14.0 Å². The summed E-state index contributed by atoms with van der Waals surface area (Å²) in [6, 6.07) is 25.2. The third-order valence-electron chi connectivity index (χ3n) is 3.15. The van der Waals surface area contributed by atoms with E-state index in [0.29, 0.717) is 0 Å². The topological polar surface area (TPSA) is 0 Å². The normalized spacial score (nSPS) is 10.9. The van der Waals surface area contributed by atoms with Gasteiger partial charge in [0.1, 0.15) is 0 Å². The third kappa shape index (κ3) is 3.77. The Bertz CT molecular complexity index is 644. The number of rotatable bonds is 3. The van der Waals surface area contributed by atoms with Gasteiger partial charge in [-0.2, -0.15) is 0 Å². The van der Waals surface area contributed by atoms with Crippen molar-refractivity contribution in [3.8, 4) is 0 Å². The predicted molar refractivity (Wildman–Crippen MR) is 102 cm³/mol. The van der Waals surface area contributed by atoms with Gasteiger partial charge in [0.2, 0.25) is 0 Å². The number of benzene rings is 3. The van der Waals surface area contributed by atoms with Gasteiger partial charge < -0.3 is 0 Å². The lowest BCUT2D eigenvalue weighted by Gasteiger charge is -2.08. The SMILES string of the molecule is Clc1ccc([S+](c2ccc(Br)cc2)c2ccc(Br)cc2)cc1. The first kappa shape index (κ1) is 16.1. The molecule has 3 aromatic carbocycles. The summed E-state index contributed by atoms with van der Waals surface area (Å²) in [5.74, 6) is 0. The van der Waals surface area contributed by atoms with Gasteiger partial charge in [-0.15, -0.1) is 0 Å². The Morgan fingerprint density at radius 3 is 1.23 bits per heavy atom. The second-order valence-electron chi connectivity index (χ2n) is 4.67. The van der Waals surface area contributed by atoms with Crippen LogP contribution >= 0.6 is 43.5 Å². The summed E-state index contributed by atoms with van der Waals surface area (Å²) in [5, 5.41) is 0.763. The van der Waals surface area contributed by atoms with Crippen molar-refractivity contribution < 1.29 is 0 Å². The maximum atomic E-state index is 6.04. The standard InChI is InChI=1S/C18H12Br2ClS/c19-13-1-7-16(8-2-13)22(17-9-3-14(20)4-10-17)18-11-5-15(21)6-12-18/h1-12H/q+1. The smallest absolute Gasteiger partial charge is 0.0843 e. The highest BCUT2D eigenvalue weighted by Gasteiger charge is 2.28. The first-order valence-corrected chi connectivity index (χ1v) is 9.83. The number of hydrogen-bond acceptors (Lipinski definition) is 0. The van der Waals surface area contributed by atoms with Crippen LogP contribution in [-0.2, 0) is 10.9 Å². The molecule has 3 aromatic rings. The van der Waals surface area contributed by atoms with Crippen molar-refractivity contribution in [3.05, 3.63) is 86.8 Å². The Hall–Kier alpha value is -0.740. The van der Waals surface area contributed by atoms with E-state index in [1.165, 1.54) is 14.7 Å². The molecule has 0 aliphatic heterocycles. The van der Waals surface area contributed by atoms with Crippen molar-refractivity contribution in [1.82, 2.24) is 0 Å². The van der Waals surface area contributed by atoms with E-state index < -0.39 is 0 Å². The lowest BCUT2D eigenvalue weighted by Crippen LogP contribution is -2.04. The fraction of sp³-hybridized carbons (Fsp3) is 0. The molecule has 0 aromatic heterocycles. The monoisotopic (exact) mass is 453 g/mol. The van der Waals surface area contributed by atoms with Crippen LogP contribution in [0.4, 0.5) is 0 Å². The molecule has 110 valence electrons. The largest absolute Gasteiger partial charge is 0.166 e. The quantitative estimate of drug-likeness (QED) is 0.375. The maximum absolute atomic E-state index is 6.04. The number of halogens is 3. The molecule has 0 nitrogen and oxygen atoms in total. The molecule has 0 bridgehead atoms. The lowest BCUT2D eigenvalue weighted by molar-refractivity contribution is 1.31. The highest BCUT2D eigenvalue weighted by molar-refractivity contribution is 9.10. The van der Waals surface area contributed by atoms with Gasteiger partial charge in [-0.3, -0.25) is 0 Å². The summed E-state index contributed by atoms with van der Waals surface area (Å²) in [6.45, 7) is 0. The molecule has 0 fully saturated rings. The maximum Gasteiger partial charge on any atom is 0.166 e. The molecule has 0 atom stereocenters. The van der Waals surface area contributed by atoms with E-state index in [0.717, 1.165) is 14.0 Å². The van der Waals surface area contributed by atoms with Crippen LogP contribution in [0.1, 0.15) is 0 Å². The Kier molecular flexibility index (Phi) is 5.29. The summed E-state index contributed by atoms with van der Waals surface area (Å²) in [6.07, 6.45) is 0. The molecular weight excluding hydrogens is 444 g/mol. The molecule has 22 heavy (non-hydrogen) atoms. The van der Waals surface area contributed by atoms with Gasteiger partial charge in [-0.05, 0) is 72.8 Å². The molecule has 0 heterocycles. The molecule has 0 aliphatic rings. The van der Waals surface area contributed by atoms with Gasteiger partial charge in [0.05, 0.1) is 10.9 Å². The molecule has 0 unspecified atom stereocenters. The van der Waals surface area contributed by atoms with Crippen LogP contribution in [0.15, 0.2) is 96.4 Å². The summed E-state index contributed by atoms with van der Waals surface area (Å²) in [7, 11) is -0.140. The molecule has 0 aliphatic carbocycles. The van der Waals surface area contributed by atoms with Crippen molar-refractivity contribution in [2.24, 2.45) is 0 Å². The first-order chi connectivity index (χ1) is 10.6. The Balaban J connectivity index is 2.10. The zero-order valence-corrected chi connectivity index (χ0v) is 16.2. The van der Waals surface area contributed by atoms with Gasteiger partial charge in [0.25, 0.3) is 0 Å². The second kappa shape index (κ2) is 7.22. The molecular formula is C18H12Br2ClS+. The van der Waals surface area contributed by atoms with Crippen molar-refractivity contribution in [2.45, 2.75) is 14.7 Å². The lowest BCUT2D eigenvalue weighted by atomic mass is 10.4. The minimum absolute atomic E-state index is 0.140. The van der Waals surface area contributed by atoms with Crippen LogP contribution in [0.25, 0.3) is 0 Å². The summed E-state index contributed by atoms with van der Waals surface area (Å²) >= 11 is 13.1. The Morgan fingerprint density at radius 2 is 0.864 bits per heavy atom. The zero-order chi connectivity index (χ0) is 15.5. The highest BCUT2D eigenvalue weighted by atomic mass is 79.9. The van der Waals surface area contributed by atoms with Crippen molar-refractivity contribution >= 4 is 54.4 Å². The average Bonchev–Trinajstić information content (AvgIpc) is 2.53. The fourth-order valence-electron chi connectivity index (χ4n) is 2.12. The van der Waals surface area contributed by atoms with E-state index in [2.05, 4.69) is 92.5 Å². The number of hydrogen-bond donors (Lipinski definition) is 0. The van der Waals surface area contributed by atoms with Gasteiger partial charge in [-0.1, -0.05) is 43.5 Å². The van der Waals surface area contributed by atoms with Gasteiger partial charge in [-0.25, -0.2) is 0 Å². The average molecular weight is 456 g/mol. The Labute approximate surface area is 155 Å². The Morgan fingerprint density at radius 1 is 0.545 bits per heavy atom. The molecule has 0 spiro atoms. The molecule has 0 radical (unpaired) electrons. The van der Waals surface area contributed by atoms with E-state index in [-0.39, 0.29) is 10.9 Å². The highest BCUT2D eigenvalue weighted by Crippen LogP contribution is 2.33. The minimum atomic E-state index is -0.140. The van der Waals surface area contributed by atoms with E-state index in [1.54, 1.807) is 0 Å². The first-order valence-electron chi connectivity index (χ1n) is 6.64. The second-order valence-corrected chi connectivity index (χ2v) is 8.96. The van der Waals surface area contributed by atoms with Crippen LogP contribution in [0.5, 0.6) is 0 Å². The molecule has 0 amide bonds. The van der Waals surface area contributed by atoms with Crippen LogP contribution in [-0.4, -0.2) is 0 Å². The molecule has 0 N–H and O–H groups in total. The summed E-state index contributed by atoms with van der Waals surface area (Å²) in [4.78, 5) is 3.83. The van der Waals surface area contributed by atoms with E-state index in [9.17, 15) is 0 Å². The molecule has 0 saturated carbocycles. The van der Waals surface area contributed by atoms with Crippen LogP contribution < -0.4 is 0 Å². The molecule has 3 rings (SSSR count). The zero-order valence-electron chi connectivity index (χ0n) is 11.5. The molecule has 0 saturated heterocycles. The summed E-state index contributed by atoms with van der Waals surface area (Å²) < 4.78 is 2.18. The van der Waals surface area contributed by atoms with E-state index in [1.807, 2.05) is 12.1 Å². The van der Waals surface area contributed by atoms with Crippen LogP contribution in [0.3, 0.4) is 0 Å². The van der Waals surface area contributed by atoms with Crippen LogP contribution in [0, 0.1) is 0 Å². The van der Waals surface area contributed by atoms with Crippen molar-refractivity contribution in [2.75, 3.05) is 0 Å². The minimum Gasteiger partial charge on any atom is -0.0843 e. The van der Waals surface area contributed by atoms with Crippen molar-refractivity contribution in [3.63, 3.8) is 0 Å².